The van der Waals surface area contributed by atoms with Gasteiger partial charge in [0.2, 0.25) is 0 Å². The summed E-state index contributed by atoms with van der Waals surface area (Å²) in [5.74, 6) is 0. The molecule has 1 aliphatic rings. The van der Waals surface area contributed by atoms with E-state index in [4.69, 9.17) is 5.73 Å². The van der Waals surface area contributed by atoms with Crippen molar-refractivity contribution in [2.75, 3.05) is 0 Å². The van der Waals surface area contributed by atoms with Gasteiger partial charge in [-0.3, -0.25) is 0 Å². The van der Waals surface area contributed by atoms with E-state index in [1.807, 2.05) is 0 Å². The highest BCUT2D eigenvalue weighted by molar-refractivity contribution is 5.32. The zero-order valence-electron chi connectivity index (χ0n) is 10.8. The molecule has 1 aromatic carbocycles. The maximum atomic E-state index is 6.46. The molecule has 1 aliphatic carbocycles. The smallest absolute Gasteiger partial charge is 0.0346 e. The molecule has 0 bridgehead atoms. The lowest BCUT2D eigenvalue weighted by Gasteiger charge is -2.43. The van der Waals surface area contributed by atoms with E-state index in [0.717, 1.165) is 5.57 Å². The van der Waals surface area contributed by atoms with Crippen molar-refractivity contribution >= 4 is 0 Å². The van der Waals surface area contributed by atoms with Crippen LogP contribution in [0.15, 0.2) is 42.5 Å². The van der Waals surface area contributed by atoms with Gasteiger partial charge in [0.25, 0.3) is 0 Å². The van der Waals surface area contributed by atoms with Crippen molar-refractivity contribution in [3.8, 4) is 0 Å². The molecule has 1 heteroatoms. The predicted molar refractivity (Wildman–Crippen MR) is 74.0 cm³/mol. The summed E-state index contributed by atoms with van der Waals surface area (Å²) in [6, 6.07) is 10.9. The van der Waals surface area contributed by atoms with Gasteiger partial charge >= 0.3 is 0 Å². The summed E-state index contributed by atoms with van der Waals surface area (Å²) in [7, 11) is 0. The van der Waals surface area contributed by atoms with Crippen LogP contribution >= 0.6 is 0 Å². The molecule has 0 heterocycles. The van der Waals surface area contributed by atoms with Crippen molar-refractivity contribution in [3.05, 3.63) is 48.0 Å². The monoisotopic (exact) mass is 229 g/mol. The van der Waals surface area contributed by atoms with Crippen molar-refractivity contribution in [1.29, 1.82) is 0 Å². The van der Waals surface area contributed by atoms with E-state index in [1.54, 1.807) is 0 Å². The lowest BCUT2D eigenvalue weighted by Crippen LogP contribution is -2.47. The molecule has 0 amide bonds. The van der Waals surface area contributed by atoms with E-state index in [2.05, 4.69) is 43.8 Å². The minimum atomic E-state index is 0.0881. The van der Waals surface area contributed by atoms with Crippen LogP contribution in [0.1, 0.15) is 44.6 Å². The summed E-state index contributed by atoms with van der Waals surface area (Å²) in [6.07, 6.45) is 6.32. The van der Waals surface area contributed by atoms with Gasteiger partial charge < -0.3 is 5.73 Å². The lowest BCUT2D eigenvalue weighted by molar-refractivity contribution is 0.261. The Morgan fingerprint density at radius 2 is 1.76 bits per heavy atom. The first kappa shape index (κ1) is 12.4. The first-order valence-corrected chi connectivity index (χ1v) is 6.63. The first-order valence-electron chi connectivity index (χ1n) is 6.63. The molecule has 1 saturated carbocycles. The van der Waals surface area contributed by atoms with Crippen molar-refractivity contribution in [1.82, 2.24) is 0 Å². The second-order valence-corrected chi connectivity index (χ2v) is 5.41. The second-order valence-electron chi connectivity index (χ2n) is 5.41. The minimum absolute atomic E-state index is 0.0881. The van der Waals surface area contributed by atoms with Crippen LogP contribution in [0, 0.1) is 0 Å². The molecule has 0 radical (unpaired) electrons. The standard InChI is InChI=1S/C16H23N/c1-13(2)15(17)16(11-7-4-8-12-16)14-9-5-3-6-10-14/h3,5-6,9-10,15H,1,4,7-8,11-12,17H2,2H3. The zero-order chi connectivity index (χ0) is 12.3. The fourth-order valence-electron chi connectivity index (χ4n) is 3.20. The van der Waals surface area contributed by atoms with Crippen molar-refractivity contribution in [2.24, 2.45) is 5.73 Å². The Balaban J connectivity index is 2.39. The van der Waals surface area contributed by atoms with Crippen LogP contribution in [-0.4, -0.2) is 6.04 Å². The van der Waals surface area contributed by atoms with Crippen LogP contribution in [0.4, 0.5) is 0 Å². The average molecular weight is 229 g/mol. The molecular weight excluding hydrogens is 206 g/mol. The maximum absolute atomic E-state index is 6.46. The molecule has 0 saturated heterocycles. The molecule has 92 valence electrons. The van der Waals surface area contributed by atoms with E-state index in [0.29, 0.717) is 0 Å². The predicted octanol–water partition coefficient (Wildman–Crippen LogP) is 3.79. The third kappa shape index (κ3) is 2.30. The van der Waals surface area contributed by atoms with Gasteiger partial charge in [-0.15, -0.1) is 0 Å². The Hall–Kier alpha value is -1.08. The third-order valence-corrected chi connectivity index (χ3v) is 4.22. The fraction of sp³-hybridized carbons (Fsp3) is 0.500. The SMILES string of the molecule is C=C(C)C(N)C1(c2ccccc2)CCCCC1. The van der Waals surface area contributed by atoms with Gasteiger partial charge in [-0.05, 0) is 25.3 Å². The molecule has 0 aliphatic heterocycles. The van der Waals surface area contributed by atoms with Crippen LogP contribution in [0.3, 0.4) is 0 Å². The van der Waals surface area contributed by atoms with Crippen molar-refractivity contribution in [2.45, 2.75) is 50.5 Å². The number of nitrogens with two attached hydrogens (primary N) is 1. The molecule has 1 aromatic rings. The topological polar surface area (TPSA) is 26.0 Å². The first-order chi connectivity index (χ1) is 8.17. The number of hydrogen-bond acceptors (Lipinski definition) is 1. The number of hydrogen-bond donors (Lipinski definition) is 1. The van der Waals surface area contributed by atoms with E-state index in [1.165, 1.54) is 37.7 Å². The molecule has 17 heavy (non-hydrogen) atoms. The molecule has 1 unspecified atom stereocenters. The van der Waals surface area contributed by atoms with Crippen LogP contribution in [0.5, 0.6) is 0 Å². The Bertz CT molecular complexity index is 374. The van der Waals surface area contributed by atoms with E-state index in [-0.39, 0.29) is 11.5 Å². The van der Waals surface area contributed by atoms with Gasteiger partial charge in [-0.25, -0.2) is 0 Å². The van der Waals surface area contributed by atoms with Crippen LogP contribution in [-0.2, 0) is 5.41 Å². The van der Waals surface area contributed by atoms with Gasteiger partial charge in [0.15, 0.2) is 0 Å². The highest BCUT2D eigenvalue weighted by Crippen LogP contribution is 2.43. The van der Waals surface area contributed by atoms with Gasteiger partial charge in [-0.2, -0.15) is 0 Å². The summed E-state index contributed by atoms with van der Waals surface area (Å²) in [4.78, 5) is 0. The average Bonchev–Trinajstić information content (AvgIpc) is 2.39. The molecule has 0 aromatic heterocycles. The van der Waals surface area contributed by atoms with E-state index < -0.39 is 0 Å². The molecule has 2 rings (SSSR count). The van der Waals surface area contributed by atoms with Crippen molar-refractivity contribution < 1.29 is 0 Å². The molecular formula is C16H23N. The van der Waals surface area contributed by atoms with Gasteiger partial charge in [0, 0.05) is 11.5 Å². The fourth-order valence-corrected chi connectivity index (χ4v) is 3.20. The second kappa shape index (κ2) is 5.05. The largest absolute Gasteiger partial charge is 0.323 e. The third-order valence-electron chi connectivity index (χ3n) is 4.22. The Kier molecular flexibility index (Phi) is 3.68. The zero-order valence-corrected chi connectivity index (χ0v) is 10.8. The normalized spacial score (nSPS) is 20.8. The summed E-state index contributed by atoms with van der Waals surface area (Å²) >= 11 is 0. The number of benzene rings is 1. The summed E-state index contributed by atoms with van der Waals surface area (Å²) in [5, 5.41) is 0. The van der Waals surface area contributed by atoms with Crippen LogP contribution in [0.2, 0.25) is 0 Å². The molecule has 0 spiro atoms. The van der Waals surface area contributed by atoms with E-state index >= 15 is 0 Å². The molecule has 1 nitrogen and oxygen atoms in total. The molecule has 2 N–H and O–H groups in total. The molecule has 1 fully saturated rings. The van der Waals surface area contributed by atoms with E-state index in [9.17, 15) is 0 Å². The van der Waals surface area contributed by atoms with Crippen LogP contribution in [0.25, 0.3) is 0 Å². The highest BCUT2D eigenvalue weighted by Gasteiger charge is 2.39. The minimum Gasteiger partial charge on any atom is -0.323 e. The summed E-state index contributed by atoms with van der Waals surface area (Å²) < 4.78 is 0. The quantitative estimate of drug-likeness (QED) is 0.784. The lowest BCUT2D eigenvalue weighted by atomic mass is 9.64. The summed E-state index contributed by atoms with van der Waals surface area (Å²) in [5.41, 5.74) is 9.09. The maximum Gasteiger partial charge on any atom is 0.0346 e. The number of rotatable bonds is 3. The Morgan fingerprint density at radius 3 is 2.29 bits per heavy atom. The van der Waals surface area contributed by atoms with Crippen molar-refractivity contribution in [3.63, 3.8) is 0 Å². The van der Waals surface area contributed by atoms with Gasteiger partial charge in [0.1, 0.15) is 0 Å². The van der Waals surface area contributed by atoms with Gasteiger partial charge in [0.05, 0.1) is 0 Å². The highest BCUT2D eigenvalue weighted by atomic mass is 14.7. The van der Waals surface area contributed by atoms with Crippen LogP contribution < -0.4 is 5.73 Å². The Labute approximate surface area is 105 Å². The Morgan fingerprint density at radius 1 is 1.18 bits per heavy atom. The molecule has 1 atom stereocenters. The summed E-state index contributed by atoms with van der Waals surface area (Å²) in [6.45, 7) is 6.14. The van der Waals surface area contributed by atoms with Gasteiger partial charge in [-0.1, -0.05) is 61.7 Å².